The SMILES string of the molecule is CC(=O)N[C@@H](CSC(=O)OCOC(=O)c1ccccc1)C(=O)Oc1ccccc1. The molecule has 2 aromatic rings. The number of ether oxygens (including phenoxy) is 3. The van der Waals surface area contributed by atoms with Crippen molar-refractivity contribution in [1.82, 2.24) is 5.32 Å². The van der Waals surface area contributed by atoms with Crippen molar-refractivity contribution in [3.8, 4) is 5.75 Å². The van der Waals surface area contributed by atoms with Crippen LogP contribution in [0, 0.1) is 0 Å². The fourth-order valence-electron chi connectivity index (χ4n) is 2.07. The van der Waals surface area contributed by atoms with Crippen molar-refractivity contribution in [1.29, 1.82) is 0 Å². The van der Waals surface area contributed by atoms with Gasteiger partial charge in [-0.15, -0.1) is 0 Å². The zero-order valence-corrected chi connectivity index (χ0v) is 16.3. The largest absolute Gasteiger partial charge is 0.425 e. The van der Waals surface area contributed by atoms with E-state index in [2.05, 4.69) is 5.32 Å². The van der Waals surface area contributed by atoms with Crippen LogP contribution in [-0.4, -0.2) is 41.7 Å². The summed E-state index contributed by atoms with van der Waals surface area (Å²) in [6, 6.07) is 15.5. The van der Waals surface area contributed by atoms with Gasteiger partial charge in [-0.05, 0) is 36.0 Å². The van der Waals surface area contributed by atoms with Gasteiger partial charge in [0.25, 0.3) is 0 Å². The fraction of sp³-hybridized carbons (Fsp3) is 0.200. The van der Waals surface area contributed by atoms with Crippen molar-refractivity contribution in [2.45, 2.75) is 13.0 Å². The molecule has 0 aliphatic carbocycles. The van der Waals surface area contributed by atoms with Crippen LogP contribution in [0.5, 0.6) is 5.75 Å². The van der Waals surface area contributed by atoms with Crippen LogP contribution in [0.3, 0.4) is 0 Å². The highest BCUT2D eigenvalue weighted by Crippen LogP contribution is 2.13. The molecule has 2 rings (SSSR count). The molecule has 0 saturated heterocycles. The first-order valence-electron chi connectivity index (χ1n) is 8.51. The lowest BCUT2D eigenvalue weighted by Gasteiger charge is -2.16. The Bertz CT molecular complexity index is 842. The van der Waals surface area contributed by atoms with Crippen molar-refractivity contribution in [2.75, 3.05) is 12.5 Å². The van der Waals surface area contributed by atoms with E-state index in [9.17, 15) is 19.2 Å². The maximum atomic E-state index is 12.2. The summed E-state index contributed by atoms with van der Waals surface area (Å²) in [5.74, 6) is -1.61. The number of nitrogens with one attached hydrogen (secondary N) is 1. The quantitative estimate of drug-likeness (QED) is 0.397. The van der Waals surface area contributed by atoms with Gasteiger partial charge in [-0.1, -0.05) is 36.4 Å². The van der Waals surface area contributed by atoms with Gasteiger partial charge in [-0.2, -0.15) is 0 Å². The summed E-state index contributed by atoms with van der Waals surface area (Å²) in [6.45, 7) is 0.674. The molecule has 0 aliphatic rings. The summed E-state index contributed by atoms with van der Waals surface area (Å²) in [4.78, 5) is 47.1. The number of hydrogen-bond acceptors (Lipinski definition) is 8. The Morgan fingerprint density at radius 3 is 2.17 bits per heavy atom. The summed E-state index contributed by atoms with van der Waals surface area (Å²) in [6.07, 6.45) is 0. The van der Waals surface area contributed by atoms with Crippen molar-refractivity contribution < 1.29 is 33.4 Å². The highest BCUT2D eigenvalue weighted by molar-refractivity contribution is 8.13. The molecule has 0 radical (unpaired) electrons. The second kappa shape index (κ2) is 11.5. The van der Waals surface area contributed by atoms with Gasteiger partial charge in [0.2, 0.25) is 12.7 Å². The summed E-state index contributed by atoms with van der Waals surface area (Å²) in [5, 5.41) is 1.65. The zero-order valence-electron chi connectivity index (χ0n) is 15.5. The molecule has 0 spiro atoms. The first-order chi connectivity index (χ1) is 14.0. The topological polar surface area (TPSA) is 108 Å². The van der Waals surface area contributed by atoms with E-state index in [0.29, 0.717) is 23.1 Å². The molecule has 152 valence electrons. The van der Waals surface area contributed by atoms with Crippen LogP contribution in [0.1, 0.15) is 17.3 Å². The van der Waals surface area contributed by atoms with Crippen molar-refractivity contribution in [2.24, 2.45) is 0 Å². The molecule has 0 heterocycles. The van der Waals surface area contributed by atoms with E-state index >= 15 is 0 Å². The van der Waals surface area contributed by atoms with E-state index in [4.69, 9.17) is 14.2 Å². The Morgan fingerprint density at radius 2 is 1.55 bits per heavy atom. The number of benzene rings is 2. The van der Waals surface area contributed by atoms with Crippen molar-refractivity contribution in [3.63, 3.8) is 0 Å². The number of thioether (sulfide) groups is 1. The van der Waals surface area contributed by atoms with Gasteiger partial charge in [0.05, 0.1) is 5.56 Å². The van der Waals surface area contributed by atoms with E-state index in [1.54, 1.807) is 60.7 Å². The normalized spacial score (nSPS) is 11.1. The van der Waals surface area contributed by atoms with Crippen LogP contribution in [0.25, 0.3) is 0 Å². The number of rotatable bonds is 8. The minimum Gasteiger partial charge on any atom is -0.425 e. The first kappa shape index (κ1) is 22.0. The molecule has 0 fully saturated rings. The van der Waals surface area contributed by atoms with Crippen molar-refractivity contribution in [3.05, 3.63) is 66.2 Å². The van der Waals surface area contributed by atoms with Crippen LogP contribution in [0.2, 0.25) is 0 Å². The van der Waals surface area contributed by atoms with Crippen LogP contribution < -0.4 is 10.1 Å². The number of hydrogen-bond donors (Lipinski definition) is 1. The van der Waals surface area contributed by atoms with Crippen LogP contribution in [0.15, 0.2) is 60.7 Å². The van der Waals surface area contributed by atoms with E-state index in [1.165, 1.54) is 6.92 Å². The molecule has 9 heteroatoms. The molecule has 1 atom stereocenters. The smallest absolute Gasteiger partial charge is 0.370 e. The fourth-order valence-corrected chi connectivity index (χ4v) is 2.73. The Balaban J connectivity index is 1.78. The summed E-state index contributed by atoms with van der Waals surface area (Å²) in [7, 11) is 0. The molecule has 0 bridgehead atoms. The van der Waals surface area contributed by atoms with Gasteiger partial charge in [0, 0.05) is 12.7 Å². The van der Waals surface area contributed by atoms with E-state index in [-0.39, 0.29) is 5.75 Å². The number of esters is 2. The van der Waals surface area contributed by atoms with Crippen LogP contribution in [0.4, 0.5) is 4.79 Å². The molecule has 0 saturated carbocycles. The average Bonchev–Trinajstić information content (AvgIpc) is 2.72. The lowest BCUT2D eigenvalue weighted by atomic mass is 10.2. The Labute approximate surface area is 171 Å². The lowest BCUT2D eigenvalue weighted by molar-refractivity contribution is -0.138. The van der Waals surface area contributed by atoms with E-state index in [1.807, 2.05) is 0 Å². The van der Waals surface area contributed by atoms with Crippen LogP contribution >= 0.6 is 11.8 Å². The van der Waals surface area contributed by atoms with Gasteiger partial charge in [-0.3, -0.25) is 4.79 Å². The zero-order chi connectivity index (χ0) is 21.1. The second-order valence-corrected chi connectivity index (χ2v) is 6.56. The van der Waals surface area contributed by atoms with E-state index in [0.717, 1.165) is 0 Å². The number of carbonyl (C=O) groups is 4. The molecular weight excluding hydrogens is 398 g/mol. The molecule has 0 unspecified atom stereocenters. The van der Waals surface area contributed by atoms with E-state index < -0.39 is 36.0 Å². The standard InChI is InChI=1S/C20H19NO7S/c1-14(22)21-17(19(24)28-16-10-6-3-7-11-16)12-29-20(25)27-13-26-18(23)15-8-4-2-5-9-15/h2-11,17H,12-13H2,1H3,(H,21,22)/t17-/m0/s1. The predicted octanol–water partition coefficient (Wildman–Crippen LogP) is 2.78. The van der Waals surface area contributed by atoms with Crippen LogP contribution in [-0.2, 0) is 19.1 Å². The highest BCUT2D eigenvalue weighted by atomic mass is 32.2. The third kappa shape index (κ3) is 8.06. The van der Waals surface area contributed by atoms with Gasteiger partial charge in [-0.25, -0.2) is 14.4 Å². The molecule has 0 aliphatic heterocycles. The molecule has 2 aromatic carbocycles. The monoisotopic (exact) mass is 417 g/mol. The summed E-state index contributed by atoms with van der Waals surface area (Å²) in [5.41, 5.74) is 0.325. The Kier molecular flexibility index (Phi) is 8.71. The summed E-state index contributed by atoms with van der Waals surface area (Å²) >= 11 is 0.645. The highest BCUT2D eigenvalue weighted by Gasteiger charge is 2.24. The molecular formula is C20H19NO7S. The molecule has 29 heavy (non-hydrogen) atoms. The van der Waals surface area contributed by atoms with Gasteiger partial charge in [0.15, 0.2) is 0 Å². The van der Waals surface area contributed by atoms with Crippen molar-refractivity contribution >= 4 is 34.9 Å². The third-order valence-electron chi connectivity index (χ3n) is 3.37. The lowest BCUT2D eigenvalue weighted by Crippen LogP contribution is -2.44. The van der Waals surface area contributed by atoms with Gasteiger partial charge < -0.3 is 19.5 Å². The molecule has 8 nitrogen and oxygen atoms in total. The second-order valence-electron chi connectivity index (χ2n) is 5.61. The Hall–Kier alpha value is -3.33. The summed E-state index contributed by atoms with van der Waals surface area (Å²) < 4.78 is 14.8. The van der Waals surface area contributed by atoms with Gasteiger partial charge in [0.1, 0.15) is 11.8 Å². The first-order valence-corrected chi connectivity index (χ1v) is 9.50. The molecule has 1 amide bonds. The Morgan fingerprint density at radius 1 is 0.931 bits per heavy atom. The molecule has 1 N–H and O–H groups in total. The maximum Gasteiger partial charge on any atom is 0.370 e. The minimum absolute atomic E-state index is 0.114. The number of carbonyl (C=O) groups excluding carboxylic acids is 4. The maximum absolute atomic E-state index is 12.2. The third-order valence-corrected chi connectivity index (χ3v) is 4.22. The number of amides is 1. The average molecular weight is 417 g/mol. The predicted molar refractivity (Wildman–Crippen MR) is 105 cm³/mol. The van der Waals surface area contributed by atoms with Gasteiger partial charge >= 0.3 is 17.2 Å². The molecule has 0 aromatic heterocycles. The minimum atomic E-state index is -1.06. The number of para-hydroxylation sites is 1.